The number of nitrogens with one attached hydrogen (secondary N) is 2. The minimum absolute atomic E-state index is 0.00549. The Kier molecular flexibility index (Phi) is 6.08. The summed E-state index contributed by atoms with van der Waals surface area (Å²) in [6.07, 6.45) is 7.99. The average molecular weight is 368 g/mol. The number of hydrogen-bond donors (Lipinski definition) is 2. The highest BCUT2D eigenvalue weighted by Gasteiger charge is 2.29. The summed E-state index contributed by atoms with van der Waals surface area (Å²) in [6.45, 7) is 8.50. The largest absolute Gasteiger partial charge is 0.335 e. The zero-order valence-corrected chi connectivity index (χ0v) is 16.4. The fourth-order valence-corrected chi connectivity index (χ4v) is 5.19. The summed E-state index contributed by atoms with van der Waals surface area (Å²) in [5.74, 6) is 0.138. The van der Waals surface area contributed by atoms with Crippen LogP contribution in [0.25, 0.3) is 0 Å². The average Bonchev–Trinajstić information content (AvgIpc) is 2.82. The Morgan fingerprint density at radius 3 is 2.68 bits per heavy atom. The summed E-state index contributed by atoms with van der Waals surface area (Å²) < 4.78 is 22.8. The Bertz CT molecular complexity index is 718. The third-order valence-electron chi connectivity index (χ3n) is 4.94. The smallest absolute Gasteiger partial charge is 0.333 e. The van der Waals surface area contributed by atoms with Gasteiger partial charge in [-0.05, 0) is 56.6 Å². The number of sulfone groups is 1. The topological polar surface area (TPSA) is 87.6 Å². The SMILES string of the molecule is CC1=C(/C=C/C(C)=N/NC(=O)NC2CCS(=O)(=O)C2)C(C)(C)CCC1. The van der Waals surface area contributed by atoms with Crippen LogP contribution in [0.2, 0.25) is 0 Å². The maximum atomic E-state index is 11.8. The Morgan fingerprint density at radius 1 is 1.36 bits per heavy atom. The van der Waals surface area contributed by atoms with Crippen LogP contribution in [-0.2, 0) is 9.84 Å². The fraction of sp³-hybridized carbons (Fsp3) is 0.667. The lowest BCUT2D eigenvalue weighted by Crippen LogP contribution is -2.41. The highest BCUT2D eigenvalue weighted by Crippen LogP contribution is 2.40. The summed E-state index contributed by atoms with van der Waals surface area (Å²) in [4.78, 5) is 11.8. The second-order valence-electron chi connectivity index (χ2n) is 7.70. The molecule has 2 N–H and O–H groups in total. The van der Waals surface area contributed by atoms with E-state index in [2.05, 4.69) is 42.7 Å². The van der Waals surface area contributed by atoms with E-state index in [-0.39, 0.29) is 23.0 Å². The Labute approximate surface area is 150 Å². The molecule has 2 rings (SSSR count). The van der Waals surface area contributed by atoms with E-state index < -0.39 is 15.9 Å². The summed E-state index contributed by atoms with van der Waals surface area (Å²) in [5, 5.41) is 6.70. The van der Waals surface area contributed by atoms with E-state index in [0.717, 1.165) is 6.42 Å². The van der Waals surface area contributed by atoms with Crippen molar-refractivity contribution in [1.82, 2.24) is 10.7 Å². The van der Waals surface area contributed by atoms with Crippen molar-refractivity contribution < 1.29 is 13.2 Å². The molecule has 1 heterocycles. The molecule has 1 aliphatic carbocycles. The third-order valence-corrected chi connectivity index (χ3v) is 6.70. The lowest BCUT2D eigenvalue weighted by atomic mass is 9.72. The molecule has 7 heteroatoms. The van der Waals surface area contributed by atoms with Gasteiger partial charge < -0.3 is 5.32 Å². The third kappa shape index (κ3) is 5.70. The molecule has 0 saturated carbocycles. The van der Waals surface area contributed by atoms with Crippen molar-refractivity contribution in [2.45, 2.75) is 59.4 Å². The zero-order valence-electron chi connectivity index (χ0n) is 15.6. The normalized spacial score (nSPS) is 26.1. The molecule has 0 radical (unpaired) electrons. The molecular formula is C18H29N3O3S. The van der Waals surface area contributed by atoms with Gasteiger partial charge in [0.05, 0.1) is 17.2 Å². The highest BCUT2D eigenvalue weighted by atomic mass is 32.2. The van der Waals surface area contributed by atoms with Crippen molar-refractivity contribution in [3.8, 4) is 0 Å². The van der Waals surface area contributed by atoms with E-state index in [0.29, 0.717) is 12.1 Å². The Morgan fingerprint density at radius 2 is 2.08 bits per heavy atom. The molecule has 140 valence electrons. The Balaban J connectivity index is 1.90. The number of nitrogens with zero attached hydrogens (tertiary/aromatic N) is 1. The minimum atomic E-state index is -3.00. The van der Waals surface area contributed by atoms with Gasteiger partial charge in [0.25, 0.3) is 0 Å². The summed E-state index contributed by atoms with van der Waals surface area (Å²) in [6, 6.07) is -0.796. The monoisotopic (exact) mass is 367 g/mol. The van der Waals surface area contributed by atoms with Crippen LogP contribution >= 0.6 is 0 Å². The van der Waals surface area contributed by atoms with E-state index >= 15 is 0 Å². The van der Waals surface area contributed by atoms with Gasteiger partial charge in [-0.15, -0.1) is 0 Å². The molecule has 6 nitrogen and oxygen atoms in total. The van der Waals surface area contributed by atoms with Crippen LogP contribution in [0.1, 0.15) is 53.4 Å². The van der Waals surface area contributed by atoms with Crippen LogP contribution in [0.15, 0.2) is 28.4 Å². The molecule has 25 heavy (non-hydrogen) atoms. The molecule has 0 aromatic carbocycles. The number of rotatable bonds is 4. The van der Waals surface area contributed by atoms with E-state index in [9.17, 15) is 13.2 Å². The van der Waals surface area contributed by atoms with Gasteiger partial charge in [-0.25, -0.2) is 18.6 Å². The van der Waals surface area contributed by atoms with E-state index in [1.807, 2.05) is 13.0 Å². The van der Waals surface area contributed by atoms with Gasteiger partial charge in [0.2, 0.25) is 0 Å². The second kappa shape index (κ2) is 7.72. The number of urea groups is 1. The maximum Gasteiger partial charge on any atom is 0.335 e. The van der Waals surface area contributed by atoms with Crippen molar-refractivity contribution in [2.24, 2.45) is 10.5 Å². The van der Waals surface area contributed by atoms with Gasteiger partial charge in [-0.1, -0.05) is 25.5 Å². The predicted octanol–water partition coefficient (Wildman–Crippen LogP) is 2.93. The first-order chi connectivity index (χ1) is 11.6. The van der Waals surface area contributed by atoms with Gasteiger partial charge in [0.1, 0.15) is 0 Å². The van der Waals surface area contributed by atoms with Crippen LogP contribution in [-0.4, -0.2) is 37.7 Å². The highest BCUT2D eigenvalue weighted by molar-refractivity contribution is 7.91. The first kappa shape index (κ1) is 19.7. The minimum Gasteiger partial charge on any atom is -0.333 e. The van der Waals surface area contributed by atoms with E-state index in [4.69, 9.17) is 0 Å². The quantitative estimate of drug-likeness (QED) is 0.591. The molecule has 1 atom stereocenters. The fourth-order valence-electron chi connectivity index (χ4n) is 3.52. The molecule has 0 aromatic rings. The number of hydrogen-bond acceptors (Lipinski definition) is 4. The van der Waals surface area contributed by atoms with Crippen molar-refractivity contribution in [3.05, 3.63) is 23.3 Å². The molecule has 1 unspecified atom stereocenters. The number of hydrazone groups is 1. The lowest BCUT2D eigenvalue weighted by Gasteiger charge is -2.32. The molecule has 0 bridgehead atoms. The predicted molar refractivity (Wildman–Crippen MR) is 101 cm³/mol. The lowest BCUT2D eigenvalue weighted by molar-refractivity contribution is 0.238. The molecule has 1 aliphatic heterocycles. The van der Waals surface area contributed by atoms with Crippen LogP contribution in [0.5, 0.6) is 0 Å². The molecule has 2 amide bonds. The van der Waals surface area contributed by atoms with E-state index in [1.54, 1.807) is 0 Å². The molecule has 0 spiro atoms. The molecular weight excluding hydrogens is 338 g/mol. The summed E-state index contributed by atoms with van der Waals surface area (Å²) in [7, 11) is -3.00. The zero-order chi connectivity index (χ0) is 18.7. The van der Waals surface area contributed by atoms with Crippen molar-refractivity contribution in [3.63, 3.8) is 0 Å². The van der Waals surface area contributed by atoms with Crippen molar-refractivity contribution in [2.75, 3.05) is 11.5 Å². The van der Waals surface area contributed by atoms with Crippen LogP contribution in [0.3, 0.4) is 0 Å². The van der Waals surface area contributed by atoms with E-state index in [1.165, 1.54) is 24.0 Å². The van der Waals surface area contributed by atoms with Gasteiger partial charge in [-0.3, -0.25) is 0 Å². The second-order valence-corrected chi connectivity index (χ2v) is 9.93. The van der Waals surface area contributed by atoms with Crippen LogP contribution < -0.4 is 10.7 Å². The number of allylic oxidation sites excluding steroid dienone is 4. The molecule has 0 aromatic heterocycles. The summed E-state index contributed by atoms with van der Waals surface area (Å²) >= 11 is 0. The maximum absolute atomic E-state index is 11.8. The first-order valence-electron chi connectivity index (χ1n) is 8.78. The molecule has 1 fully saturated rings. The van der Waals surface area contributed by atoms with Crippen molar-refractivity contribution in [1.29, 1.82) is 0 Å². The van der Waals surface area contributed by atoms with Crippen LogP contribution in [0.4, 0.5) is 4.79 Å². The van der Waals surface area contributed by atoms with Crippen molar-refractivity contribution >= 4 is 21.6 Å². The number of carbonyl (C=O) groups is 1. The summed E-state index contributed by atoms with van der Waals surface area (Å²) in [5.41, 5.74) is 6.04. The molecule has 1 saturated heterocycles. The Hall–Kier alpha value is -1.63. The molecule has 2 aliphatic rings. The number of amides is 2. The number of carbonyl (C=O) groups excluding carboxylic acids is 1. The standard InChI is InChI=1S/C18H29N3O3S/c1-13-6-5-10-18(3,4)16(13)8-7-14(2)20-21-17(22)19-15-9-11-25(23,24)12-15/h7-8,15H,5-6,9-12H2,1-4H3,(H2,19,21,22)/b8-7+,20-14+. The van der Waals surface area contributed by atoms with Gasteiger partial charge >= 0.3 is 6.03 Å². The van der Waals surface area contributed by atoms with Gasteiger partial charge in [-0.2, -0.15) is 5.10 Å². The van der Waals surface area contributed by atoms with Crippen LogP contribution in [0, 0.1) is 5.41 Å². The van der Waals surface area contributed by atoms with Gasteiger partial charge in [0, 0.05) is 6.04 Å². The van der Waals surface area contributed by atoms with Gasteiger partial charge in [0.15, 0.2) is 9.84 Å². The first-order valence-corrected chi connectivity index (χ1v) is 10.6.